The first-order valence-electron chi connectivity index (χ1n) is 6.81. The van der Waals surface area contributed by atoms with E-state index in [2.05, 4.69) is 24.5 Å². The molecule has 1 fully saturated rings. The lowest BCUT2D eigenvalue weighted by molar-refractivity contribution is -0.123. The fourth-order valence-corrected chi connectivity index (χ4v) is 2.24. The van der Waals surface area contributed by atoms with E-state index in [1.807, 2.05) is 0 Å². The molecule has 1 heterocycles. The molecule has 0 saturated carbocycles. The molecule has 0 aliphatic carbocycles. The molecule has 1 amide bonds. The van der Waals surface area contributed by atoms with Crippen molar-refractivity contribution >= 4 is 5.91 Å². The van der Waals surface area contributed by atoms with Crippen LogP contribution in [0.25, 0.3) is 0 Å². The summed E-state index contributed by atoms with van der Waals surface area (Å²) in [7, 11) is 0. The fraction of sp³-hybridized carbons (Fsp3) is 0.923. The maximum Gasteiger partial charge on any atom is 0.237 e. The van der Waals surface area contributed by atoms with Crippen LogP contribution in [-0.4, -0.2) is 24.5 Å². The Hall–Kier alpha value is -0.570. The first-order chi connectivity index (χ1) is 7.77. The van der Waals surface area contributed by atoms with Crippen LogP contribution in [0.5, 0.6) is 0 Å². The van der Waals surface area contributed by atoms with Gasteiger partial charge in [0.05, 0.1) is 6.04 Å². The minimum absolute atomic E-state index is 0.0457. The number of rotatable bonds is 6. The van der Waals surface area contributed by atoms with Gasteiger partial charge >= 0.3 is 0 Å². The molecular weight excluding hydrogens is 200 g/mol. The van der Waals surface area contributed by atoms with E-state index in [4.69, 9.17) is 0 Å². The van der Waals surface area contributed by atoms with Gasteiger partial charge in [-0.15, -0.1) is 0 Å². The third-order valence-corrected chi connectivity index (χ3v) is 3.37. The topological polar surface area (TPSA) is 41.1 Å². The van der Waals surface area contributed by atoms with Gasteiger partial charge in [-0.05, 0) is 32.1 Å². The van der Waals surface area contributed by atoms with E-state index in [-0.39, 0.29) is 11.9 Å². The lowest BCUT2D eigenvalue weighted by atomic mass is 10.0. The molecule has 0 radical (unpaired) electrons. The van der Waals surface area contributed by atoms with Crippen molar-refractivity contribution in [3.8, 4) is 0 Å². The van der Waals surface area contributed by atoms with E-state index in [0.29, 0.717) is 6.04 Å². The molecule has 1 rings (SSSR count). The Kier molecular flexibility index (Phi) is 6.46. The Labute approximate surface area is 99.4 Å². The Morgan fingerprint density at radius 1 is 1.44 bits per heavy atom. The minimum atomic E-state index is 0.0457. The Balaban J connectivity index is 2.38. The van der Waals surface area contributed by atoms with Crippen molar-refractivity contribution in [3.05, 3.63) is 0 Å². The highest BCUT2D eigenvalue weighted by atomic mass is 16.2. The molecule has 0 aromatic rings. The number of carbonyl (C=O) groups is 1. The monoisotopic (exact) mass is 226 g/mol. The molecular formula is C13H26N2O. The fourth-order valence-electron chi connectivity index (χ4n) is 2.24. The molecule has 0 aromatic carbocycles. The number of carbonyl (C=O) groups excluding carboxylic acids is 1. The predicted octanol–water partition coefficient (Wildman–Crippen LogP) is 2.21. The standard InChI is InChI=1S/C13H26N2O/c1-3-5-8-11(4-2)15-12-9-6-7-10-14-13(12)16/h11-12,15H,3-10H2,1-2H3,(H,14,16). The number of amides is 1. The van der Waals surface area contributed by atoms with Gasteiger partial charge in [0.1, 0.15) is 0 Å². The van der Waals surface area contributed by atoms with E-state index in [1.54, 1.807) is 0 Å². The van der Waals surface area contributed by atoms with E-state index >= 15 is 0 Å². The predicted molar refractivity (Wildman–Crippen MR) is 67.4 cm³/mol. The first-order valence-corrected chi connectivity index (χ1v) is 6.81. The minimum Gasteiger partial charge on any atom is -0.355 e. The summed E-state index contributed by atoms with van der Waals surface area (Å²) in [5.41, 5.74) is 0. The number of unbranched alkanes of at least 4 members (excludes halogenated alkanes) is 1. The summed E-state index contributed by atoms with van der Waals surface area (Å²) in [6.45, 7) is 5.26. The summed E-state index contributed by atoms with van der Waals surface area (Å²) >= 11 is 0. The van der Waals surface area contributed by atoms with Crippen LogP contribution < -0.4 is 10.6 Å². The molecule has 0 aromatic heterocycles. The van der Waals surface area contributed by atoms with Gasteiger partial charge in [0.2, 0.25) is 5.91 Å². The van der Waals surface area contributed by atoms with Crippen LogP contribution in [0.1, 0.15) is 58.8 Å². The first kappa shape index (κ1) is 13.5. The molecule has 2 N–H and O–H groups in total. The molecule has 0 bridgehead atoms. The van der Waals surface area contributed by atoms with Crippen LogP contribution in [0.2, 0.25) is 0 Å². The second kappa shape index (κ2) is 7.66. The Morgan fingerprint density at radius 2 is 2.25 bits per heavy atom. The highest BCUT2D eigenvalue weighted by Crippen LogP contribution is 2.10. The number of hydrogen-bond donors (Lipinski definition) is 2. The summed E-state index contributed by atoms with van der Waals surface area (Å²) in [5.74, 6) is 0.201. The molecule has 3 nitrogen and oxygen atoms in total. The highest BCUT2D eigenvalue weighted by Gasteiger charge is 2.22. The largest absolute Gasteiger partial charge is 0.355 e. The van der Waals surface area contributed by atoms with E-state index < -0.39 is 0 Å². The van der Waals surface area contributed by atoms with Crippen LogP contribution in [0.3, 0.4) is 0 Å². The van der Waals surface area contributed by atoms with Gasteiger partial charge in [-0.25, -0.2) is 0 Å². The average molecular weight is 226 g/mol. The van der Waals surface area contributed by atoms with Crippen LogP contribution in [0, 0.1) is 0 Å². The quantitative estimate of drug-likeness (QED) is 0.729. The maximum absolute atomic E-state index is 11.8. The summed E-state index contributed by atoms with van der Waals surface area (Å²) in [5, 5.41) is 6.50. The zero-order chi connectivity index (χ0) is 11.8. The number of nitrogens with one attached hydrogen (secondary N) is 2. The summed E-state index contributed by atoms with van der Waals surface area (Å²) < 4.78 is 0. The Morgan fingerprint density at radius 3 is 2.94 bits per heavy atom. The Bertz CT molecular complexity index is 206. The summed E-state index contributed by atoms with van der Waals surface area (Å²) in [6, 6.07) is 0.554. The maximum atomic E-state index is 11.8. The van der Waals surface area contributed by atoms with Crippen molar-refractivity contribution in [2.45, 2.75) is 70.9 Å². The second-order valence-electron chi connectivity index (χ2n) is 4.75. The van der Waals surface area contributed by atoms with Crippen LogP contribution in [-0.2, 0) is 4.79 Å². The van der Waals surface area contributed by atoms with Crippen molar-refractivity contribution in [2.75, 3.05) is 6.54 Å². The molecule has 0 spiro atoms. The molecule has 94 valence electrons. The lowest BCUT2D eigenvalue weighted by Gasteiger charge is -2.22. The molecule has 1 saturated heterocycles. The average Bonchev–Trinajstić information content (AvgIpc) is 2.50. The van der Waals surface area contributed by atoms with Crippen molar-refractivity contribution in [1.29, 1.82) is 0 Å². The molecule has 16 heavy (non-hydrogen) atoms. The smallest absolute Gasteiger partial charge is 0.237 e. The third kappa shape index (κ3) is 4.52. The van der Waals surface area contributed by atoms with Gasteiger partial charge < -0.3 is 10.6 Å². The zero-order valence-electron chi connectivity index (χ0n) is 10.7. The lowest BCUT2D eigenvalue weighted by Crippen LogP contribution is -2.47. The second-order valence-corrected chi connectivity index (χ2v) is 4.75. The van der Waals surface area contributed by atoms with Crippen molar-refractivity contribution < 1.29 is 4.79 Å². The molecule has 2 atom stereocenters. The van der Waals surface area contributed by atoms with Crippen molar-refractivity contribution in [2.24, 2.45) is 0 Å². The van der Waals surface area contributed by atoms with Gasteiger partial charge in [0.15, 0.2) is 0 Å². The van der Waals surface area contributed by atoms with Gasteiger partial charge in [-0.3, -0.25) is 4.79 Å². The van der Waals surface area contributed by atoms with Crippen LogP contribution in [0.4, 0.5) is 0 Å². The SMILES string of the molecule is CCCCC(CC)NC1CCCCNC1=O. The molecule has 1 aliphatic rings. The summed E-state index contributed by atoms with van der Waals surface area (Å²) in [4.78, 5) is 11.8. The molecule has 2 unspecified atom stereocenters. The van der Waals surface area contributed by atoms with Crippen LogP contribution in [0.15, 0.2) is 0 Å². The zero-order valence-corrected chi connectivity index (χ0v) is 10.7. The van der Waals surface area contributed by atoms with E-state index in [9.17, 15) is 4.79 Å². The van der Waals surface area contributed by atoms with Gasteiger partial charge in [0, 0.05) is 12.6 Å². The van der Waals surface area contributed by atoms with E-state index in [0.717, 1.165) is 32.2 Å². The van der Waals surface area contributed by atoms with E-state index in [1.165, 1.54) is 19.3 Å². The normalized spacial score (nSPS) is 23.6. The van der Waals surface area contributed by atoms with Crippen molar-refractivity contribution in [1.82, 2.24) is 10.6 Å². The highest BCUT2D eigenvalue weighted by molar-refractivity contribution is 5.81. The van der Waals surface area contributed by atoms with Gasteiger partial charge in [0.25, 0.3) is 0 Å². The third-order valence-electron chi connectivity index (χ3n) is 3.37. The van der Waals surface area contributed by atoms with Crippen molar-refractivity contribution in [3.63, 3.8) is 0 Å². The molecule has 3 heteroatoms. The van der Waals surface area contributed by atoms with Gasteiger partial charge in [-0.2, -0.15) is 0 Å². The number of hydrogen-bond acceptors (Lipinski definition) is 2. The molecule has 1 aliphatic heterocycles. The van der Waals surface area contributed by atoms with Gasteiger partial charge in [-0.1, -0.05) is 26.7 Å². The summed E-state index contributed by atoms with van der Waals surface area (Å²) in [6.07, 6.45) is 8.06. The van der Waals surface area contributed by atoms with Crippen LogP contribution >= 0.6 is 0 Å².